The summed E-state index contributed by atoms with van der Waals surface area (Å²) in [4.78, 5) is 2.63. The fraction of sp³-hybridized carbons (Fsp3) is 0.500. The Morgan fingerprint density at radius 3 is 2.91 bits per heavy atom. The number of hydrogen-bond acceptors (Lipinski definition) is 3. The zero-order valence-electron chi connectivity index (χ0n) is 14.2. The van der Waals surface area contributed by atoms with Gasteiger partial charge in [0.2, 0.25) is 0 Å². The maximum Gasteiger partial charge on any atom is 0.115 e. The Morgan fingerprint density at radius 1 is 1.35 bits per heavy atom. The molecule has 1 fully saturated rings. The first-order chi connectivity index (χ1) is 11.0. The van der Waals surface area contributed by atoms with E-state index in [2.05, 4.69) is 30.9 Å². The highest BCUT2D eigenvalue weighted by Crippen LogP contribution is 2.49. The van der Waals surface area contributed by atoms with E-state index in [1.807, 2.05) is 19.1 Å². The molecule has 3 atom stereocenters. The average molecular weight is 311 g/mol. The molecule has 2 heterocycles. The third kappa shape index (κ3) is 2.21. The number of hydrogen-bond donors (Lipinski definition) is 1. The highest BCUT2D eigenvalue weighted by Gasteiger charge is 2.48. The average Bonchev–Trinajstić information content (AvgIpc) is 2.92. The second kappa shape index (κ2) is 5.13. The second-order valence-electron chi connectivity index (χ2n) is 7.54. The number of aromatic hydroxyl groups is 1. The van der Waals surface area contributed by atoms with Crippen molar-refractivity contribution in [3.05, 3.63) is 53.0 Å². The third-order valence-electron chi connectivity index (χ3n) is 6.45. The highest BCUT2D eigenvalue weighted by atomic mass is 16.3. The first-order valence-electron chi connectivity index (χ1n) is 8.58. The van der Waals surface area contributed by atoms with E-state index in [1.54, 1.807) is 6.26 Å². The van der Waals surface area contributed by atoms with Crippen LogP contribution in [0.4, 0.5) is 0 Å². The van der Waals surface area contributed by atoms with E-state index in [-0.39, 0.29) is 5.41 Å². The third-order valence-corrected chi connectivity index (χ3v) is 6.45. The fourth-order valence-corrected chi connectivity index (χ4v) is 4.69. The van der Waals surface area contributed by atoms with Crippen molar-refractivity contribution in [3.63, 3.8) is 0 Å². The largest absolute Gasteiger partial charge is 0.508 e. The molecule has 1 aliphatic carbocycles. The van der Waals surface area contributed by atoms with E-state index < -0.39 is 0 Å². The van der Waals surface area contributed by atoms with Crippen molar-refractivity contribution in [1.29, 1.82) is 0 Å². The summed E-state index contributed by atoms with van der Waals surface area (Å²) < 4.78 is 5.47. The van der Waals surface area contributed by atoms with Gasteiger partial charge in [0.05, 0.1) is 6.26 Å². The van der Waals surface area contributed by atoms with Crippen molar-refractivity contribution in [1.82, 2.24) is 4.90 Å². The minimum atomic E-state index is 0.166. The molecular weight excluding hydrogens is 286 g/mol. The predicted octanol–water partition coefficient (Wildman–Crippen LogP) is 4.02. The van der Waals surface area contributed by atoms with E-state index in [0.717, 1.165) is 31.7 Å². The van der Waals surface area contributed by atoms with Gasteiger partial charge in [-0.1, -0.05) is 19.9 Å². The van der Waals surface area contributed by atoms with Crippen LogP contribution in [-0.4, -0.2) is 22.6 Å². The molecule has 2 aliphatic rings. The molecule has 2 bridgehead atoms. The number of phenolic OH excluding ortho intramolecular Hbond substituents is 1. The van der Waals surface area contributed by atoms with Gasteiger partial charge in [0.1, 0.15) is 11.5 Å². The van der Waals surface area contributed by atoms with Crippen LogP contribution in [0.2, 0.25) is 0 Å². The summed E-state index contributed by atoms with van der Waals surface area (Å²) in [6, 6.07) is 8.60. The van der Waals surface area contributed by atoms with Gasteiger partial charge in [-0.15, -0.1) is 0 Å². The number of furan rings is 1. The summed E-state index contributed by atoms with van der Waals surface area (Å²) >= 11 is 0. The number of phenols is 1. The Morgan fingerprint density at radius 2 is 2.17 bits per heavy atom. The van der Waals surface area contributed by atoms with Crippen LogP contribution in [0.15, 0.2) is 34.9 Å². The molecule has 0 saturated carbocycles. The Labute approximate surface area is 137 Å². The Balaban J connectivity index is 1.68. The van der Waals surface area contributed by atoms with Crippen LogP contribution in [0.25, 0.3) is 0 Å². The SMILES string of the molecule is Cc1occc1CN1CCC2(C)c3cc(O)ccc3CC1C2C. The van der Waals surface area contributed by atoms with Crippen molar-refractivity contribution in [2.24, 2.45) is 5.92 Å². The number of nitrogens with zero attached hydrogens (tertiary/aromatic N) is 1. The van der Waals surface area contributed by atoms with Crippen LogP contribution in [0.3, 0.4) is 0 Å². The molecule has 1 N–H and O–H groups in total. The van der Waals surface area contributed by atoms with Crippen LogP contribution in [0.1, 0.15) is 42.7 Å². The number of aryl methyl sites for hydroxylation is 1. The molecule has 1 aromatic carbocycles. The van der Waals surface area contributed by atoms with Crippen molar-refractivity contribution >= 4 is 0 Å². The molecule has 122 valence electrons. The van der Waals surface area contributed by atoms with Gasteiger partial charge in [0.15, 0.2) is 0 Å². The monoisotopic (exact) mass is 311 g/mol. The van der Waals surface area contributed by atoms with Gasteiger partial charge in [0.25, 0.3) is 0 Å². The smallest absolute Gasteiger partial charge is 0.115 e. The quantitative estimate of drug-likeness (QED) is 0.910. The minimum Gasteiger partial charge on any atom is -0.508 e. The standard InChI is InChI=1S/C20H25NO2/c1-13-19-10-15-4-5-17(22)11-18(15)20(13,3)7-8-21(19)12-16-6-9-23-14(16)2/h4-6,9,11,13,19,22H,7-8,10,12H2,1-3H3. The van der Waals surface area contributed by atoms with Crippen LogP contribution >= 0.6 is 0 Å². The molecule has 1 saturated heterocycles. The number of benzene rings is 1. The van der Waals surface area contributed by atoms with Crippen molar-refractivity contribution < 1.29 is 9.52 Å². The molecule has 3 unspecified atom stereocenters. The molecule has 0 amide bonds. The number of rotatable bonds is 2. The molecule has 0 spiro atoms. The lowest BCUT2D eigenvalue weighted by molar-refractivity contribution is 0.0255. The summed E-state index contributed by atoms with van der Waals surface area (Å²) in [5, 5.41) is 9.92. The fourth-order valence-electron chi connectivity index (χ4n) is 4.69. The molecule has 3 heteroatoms. The summed E-state index contributed by atoms with van der Waals surface area (Å²) in [5.41, 5.74) is 4.23. The lowest BCUT2D eigenvalue weighted by Gasteiger charge is -2.54. The van der Waals surface area contributed by atoms with Crippen molar-refractivity contribution in [3.8, 4) is 5.75 Å². The van der Waals surface area contributed by atoms with E-state index >= 15 is 0 Å². The van der Waals surface area contributed by atoms with Gasteiger partial charge in [0, 0.05) is 18.2 Å². The summed E-state index contributed by atoms with van der Waals surface area (Å²) in [5.74, 6) is 2.01. The van der Waals surface area contributed by atoms with Gasteiger partial charge in [-0.05, 0) is 67.0 Å². The highest BCUT2D eigenvalue weighted by molar-refractivity contribution is 5.44. The summed E-state index contributed by atoms with van der Waals surface area (Å²) in [6.45, 7) is 8.88. The van der Waals surface area contributed by atoms with Crippen molar-refractivity contribution in [2.45, 2.75) is 51.6 Å². The normalized spacial score (nSPS) is 30.2. The van der Waals surface area contributed by atoms with E-state index in [9.17, 15) is 5.11 Å². The Bertz CT molecular complexity index is 735. The minimum absolute atomic E-state index is 0.166. The maximum absolute atomic E-state index is 9.92. The number of fused-ring (bicyclic) bond motifs is 4. The molecule has 4 rings (SSSR count). The zero-order chi connectivity index (χ0) is 16.2. The molecule has 0 radical (unpaired) electrons. The van der Waals surface area contributed by atoms with Crippen LogP contribution in [-0.2, 0) is 18.4 Å². The second-order valence-corrected chi connectivity index (χ2v) is 7.54. The lowest BCUT2D eigenvalue weighted by Crippen LogP contribution is -2.57. The Hall–Kier alpha value is -1.74. The van der Waals surface area contributed by atoms with E-state index in [0.29, 0.717) is 17.7 Å². The number of likely N-dealkylation sites (tertiary alicyclic amines) is 1. The molecule has 3 nitrogen and oxygen atoms in total. The lowest BCUT2D eigenvalue weighted by atomic mass is 9.59. The molecular formula is C20H25NO2. The van der Waals surface area contributed by atoms with Crippen LogP contribution < -0.4 is 0 Å². The predicted molar refractivity (Wildman–Crippen MR) is 90.6 cm³/mol. The number of piperidine rings is 1. The summed E-state index contributed by atoms with van der Waals surface area (Å²) in [7, 11) is 0. The summed E-state index contributed by atoms with van der Waals surface area (Å²) in [6.07, 6.45) is 4.00. The molecule has 2 aromatic rings. The van der Waals surface area contributed by atoms with Gasteiger partial charge >= 0.3 is 0 Å². The zero-order valence-corrected chi connectivity index (χ0v) is 14.2. The molecule has 23 heavy (non-hydrogen) atoms. The van der Waals surface area contributed by atoms with Crippen LogP contribution in [0, 0.1) is 12.8 Å². The van der Waals surface area contributed by atoms with Gasteiger partial charge < -0.3 is 9.52 Å². The first kappa shape index (κ1) is 14.8. The van der Waals surface area contributed by atoms with E-state index in [4.69, 9.17) is 4.42 Å². The van der Waals surface area contributed by atoms with Gasteiger partial charge in [-0.2, -0.15) is 0 Å². The topological polar surface area (TPSA) is 36.6 Å². The molecule has 1 aliphatic heterocycles. The Kier molecular flexibility index (Phi) is 3.31. The molecule has 1 aromatic heterocycles. The van der Waals surface area contributed by atoms with Gasteiger partial charge in [-0.25, -0.2) is 0 Å². The van der Waals surface area contributed by atoms with Gasteiger partial charge in [-0.3, -0.25) is 4.90 Å². The first-order valence-corrected chi connectivity index (χ1v) is 8.58. The maximum atomic E-state index is 9.92. The van der Waals surface area contributed by atoms with Crippen LogP contribution in [0.5, 0.6) is 5.75 Å². The van der Waals surface area contributed by atoms with Crippen molar-refractivity contribution in [2.75, 3.05) is 6.54 Å². The van der Waals surface area contributed by atoms with E-state index in [1.165, 1.54) is 16.7 Å².